The van der Waals surface area contributed by atoms with Crippen LogP contribution in [0.5, 0.6) is 0 Å². The highest BCUT2D eigenvalue weighted by molar-refractivity contribution is 5.82. The Balaban J connectivity index is 1.44. The molecule has 0 unspecified atom stereocenters. The molecule has 1 aromatic rings. The quantitative estimate of drug-likeness (QED) is 0.888. The molecule has 0 saturated carbocycles. The van der Waals surface area contributed by atoms with Gasteiger partial charge in [0.05, 0.1) is 12.1 Å². The highest BCUT2D eigenvalue weighted by atomic mass is 16.5. The zero-order valence-corrected chi connectivity index (χ0v) is 12.4. The van der Waals surface area contributed by atoms with Crippen LogP contribution in [0.15, 0.2) is 24.3 Å². The summed E-state index contributed by atoms with van der Waals surface area (Å²) in [6.07, 6.45) is 5.59. The molecule has 21 heavy (non-hydrogen) atoms. The molecule has 3 rings (SSSR count). The van der Waals surface area contributed by atoms with E-state index in [-0.39, 0.29) is 11.9 Å². The van der Waals surface area contributed by atoms with Crippen LogP contribution in [0.2, 0.25) is 0 Å². The van der Waals surface area contributed by atoms with Crippen LogP contribution in [0.3, 0.4) is 0 Å². The van der Waals surface area contributed by atoms with Gasteiger partial charge in [-0.2, -0.15) is 0 Å². The molecule has 0 radical (unpaired) electrons. The smallest absolute Gasteiger partial charge is 0.237 e. The minimum absolute atomic E-state index is 0.104. The number of carbonyl (C=O) groups is 1. The van der Waals surface area contributed by atoms with Crippen molar-refractivity contribution < 1.29 is 9.53 Å². The molecular weight excluding hydrogens is 264 g/mol. The van der Waals surface area contributed by atoms with Crippen molar-refractivity contribution in [1.82, 2.24) is 10.6 Å². The second kappa shape index (κ2) is 7.05. The normalized spacial score (nSPS) is 25.1. The van der Waals surface area contributed by atoms with Crippen molar-refractivity contribution in [2.75, 3.05) is 13.2 Å². The van der Waals surface area contributed by atoms with Gasteiger partial charge in [-0.25, -0.2) is 0 Å². The Morgan fingerprint density at radius 3 is 2.95 bits per heavy atom. The van der Waals surface area contributed by atoms with Crippen LogP contribution < -0.4 is 10.6 Å². The Labute approximate surface area is 126 Å². The van der Waals surface area contributed by atoms with Crippen molar-refractivity contribution in [2.24, 2.45) is 0 Å². The molecule has 1 fully saturated rings. The van der Waals surface area contributed by atoms with Gasteiger partial charge in [-0.05, 0) is 43.2 Å². The van der Waals surface area contributed by atoms with Crippen molar-refractivity contribution in [3.05, 3.63) is 35.4 Å². The third kappa shape index (κ3) is 3.83. The first kappa shape index (κ1) is 14.5. The minimum Gasteiger partial charge on any atom is -0.378 e. The average Bonchev–Trinajstić information content (AvgIpc) is 2.55. The molecular formula is C17H24N2O2. The zero-order valence-electron chi connectivity index (χ0n) is 12.4. The lowest BCUT2D eigenvalue weighted by atomic mass is 9.95. The van der Waals surface area contributed by atoms with Gasteiger partial charge in [-0.15, -0.1) is 0 Å². The fourth-order valence-electron chi connectivity index (χ4n) is 3.15. The van der Waals surface area contributed by atoms with Crippen molar-refractivity contribution >= 4 is 5.91 Å². The van der Waals surface area contributed by atoms with E-state index in [9.17, 15) is 4.79 Å². The largest absolute Gasteiger partial charge is 0.378 e. The van der Waals surface area contributed by atoms with Crippen LogP contribution in [0.4, 0.5) is 0 Å². The topological polar surface area (TPSA) is 50.4 Å². The van der Waals surface area contributed by atoms with Crippen LogP contribution in [-0.2, 0) is 22.5 Å². The number of hydrogen-bond donors (Lipinski definition) is 2. The lowest BCUT2D eigenvalue weighted by Crippen LogP contribution is -2.48. The second-order valence-corrected chi connectivity index (χ2v) is 5.97. The number of amides is 1. The first-order valence-electron chi connectivity index (χ1n) is 8.02. The van der Waals surface area contributed by atoms with Gasteiger partial charge in [0, 0.05) is 19.7 Å². The van der Waals surface area contributed by atoms with Gasteiger partial charge in [-0.1, -0.05) is 24.3 Å². The summed E-state index contributed by atoms with van der Waals surface area (Å²) in [5.74, 6) is 0.111. The number of nitrogens with one attached hydrogen (secondary N) is 2. The first-order chi connectivity index (χ1) is 10.3. The molecule has 0 bridgehead atoms. The fourth-order valence-corrected chi connectivity index (χ4v) is 3.15. The molecule has 1 aromatic carbocycles. The summed E-state index contributed by atoms with van der Waals surface area (Å²) in [5.41, 5.74) is 2.59. The van der Waals surface area contributed by atoms with Crippen molar-refractivity contribution in [1.29, 1.82) is 0 Å². The molecule has 1 amide bonds. The van der Waals surface area contributed by atoms with Crippen LogP contribution in [0.25, 0.3) is 0 Å². The van der Waals surface area contributed by atoms with E-state index >= 15 is 0 Å². The maximum absolute atomic E-state index is 12.2. The van der Waals surface area contributed by atoms with Crippen LogP contribution in [0, 0.1) is 0 Å². The van der Waals surface area contributed by atoms with Crippen LogP contribution in [0.1, 0.15) is 36.8 Å². The summed E-state index contributed by atoms with van der Waals surface area (Å²) in [7, 11) is 0. The summed E-state index contributed by atoms with van der Waals surface area (Å²) in [6.45, 7) is 2.36. The van der Waals surface area contributed by atoms with Gasteiger partial charge in [0.25, 0.3) is 0 Å². The maximum atomic E-state index is 12.2. The summed E-state index contributed by atoms with van der Waals surface area (Å²) in [6, 6.07) is 8.22. The Hall–Kier alpha value is -1.39. The molecule has 1 saturated heterocycles. The van der Waals surface area contributed by atoms with Crippen LogP contribution >= 0.6 is 0 Å². The highest BCUT2D eigenvalue weighted by Crippen LogP contribution is 2.17. The lowest BCUT2D eigenvalue weighted by Gasteiger charge is -2.26. The number of carbonyl (C=O) groups excluding carboxylic acids is 1. The SMILES string of the molecule is O=C(NCC[C@H]1CCCCO1)[C@@H]1Cc2ccccc2CN1. The average molecular weight is 288 g/mol. The lowest BCUT2D eigenvalue weighted by molar-refractivity contribution is -0.123. The molecule has 0 aromatic heterocycles. The van der Waals surface area contributed by atoms with Gasteiger partial charge < -0.3 is 15.4 Å². The molecule has 4 nitrogen and oxygen atoms in total. The molecule has 2 aliphatic heterocycles. The van der Waals surface area contributed by atoms with Gasteiger partial charge >= 0.3 is 0 Å². The number of hydrogen-bond acceptors (Lipinski definition) is 3. The van der Waals surface area contributed by atoms with E-state index in [2.05, 4.69) is 22.8 Å². The molecule has 114 valence electrons. The summed E-state index contributed by atoms with van der Waals surface area (Å²) in [4.78, 5) is 12.2. The highest BCUT2D eigenvalue weighted by Gasteiger charge is 2.23. The third-order valence-corrected chi connectivity index (χ3v) is 4.44. The summed E-state index contributed by atoms with van der Waals surface area (Å²) >= 11 is 0. The van der Waals surface area contributed by atoms with E-state index in [0.717, 1.165) is 32.4 Å². The number of benzene rings is 1. The molecule has 2 heterocycles. The van der Waals surface area contributed by atoms with E-state index < -0.39 is 0 Å². The van der Waals surface area contributed by atoms with Crippen molar-refractivity contribution in [3.8, 4) is 0 Å². The Bertz CT molecular complexity index is 483. The monoisotopic (exact) mass is 288 g/mol. The molecule has 2 aliphatic rings. The number of ether oxygens (including phenoxy) is 1. The molecule has 4 heteroatoms. The second-order valence-electron chi connectivity index (χ2n) is 5.97. The van der Waals surface area contributed by atoms with Gasteiger partial charge in [0.15, 0.2) is 0 Å². The fraction of sp³-hybridized carbons (Fsp3) is 0.588. The van der Waals surface area contributed by atoms with Crippen molar-refractivity contribution in [3.63, 3.8) is 0 Å². The molecule has 0 aliphatic carbocycles. The van der Waals surface area contributed by atoms with E-state index in [4.69, 9.17) is 4.74 Å². The van der Waals surface area contributed by atoms with Gasteiger partial charge in [-0.3, -0.25) is 4.79 Å². The van der Waals surface area contributed by atoms with Gasteiger partial charge in [0.1, 0.15) is 0 Å². The number of fused-ring (bicyclic) bond motifs is 1. The summed E-state index contributed by atoms with van der Waals surface area (Å²) in [5, 5.41) is 6.37. The molecule has 0 spiro atoms. The standard InChI is InChI=1S/C17H24N2O2/c20-17(18-9-8-15-7-3-4-10-21-15)16-11-13-5-1-2-6-14(13)12-19-16/h1-2,5-6,15-16,19H,3-4,7-12H2,(H,18,20)/t15-,16+/m1/s1. The third-order valence-electron chi connectivity index (χ3n) is 4.44. The van der Waals surface area contributed by atoms with E-state index in [1.54, 1.807) is 0 Å². The number of rotatable bonds is 4. The Morgan fingerprint density at radius 1 is 1.29 bits per heavy atom. The molecule has 2 N–H and O–H groups in total. The molecule has 2 atom stereocenters. The van der Waals surface area contributed by atoms with E-state index in [0.29, 0.717) is 12.6 Å². The van der Waals surface area contributed by atoms with E-state index in [1.165, 1.54) is 24.0 Å². The maximum Gasteiger partial charge on any atom is 0.237 e. The minimum atomic E-state index is -0.104. The van der Waals surface area contributed by atoms with Gasteiger partial charge in [0.2, 0.25) is 5.91 Å². The predicted octanol–water partition coefficient (Wildman–Crippen LogP) is 1.78. The van der Waals surface area contributed by atoms with Crippen molar-refractivity contribution in [2.45, 2.75) is 50.8 Å². The Morgan fingerprint density at radius 2 is 2.14 bits per heavy atom. The van der Waals surface area contributed by atoms with Crippen LogP contribution in [-0.4, -0.2) is 31.2 Å². The predicted molar refractivity (Wildman–Crippen MR) is 82.0 cm³/mol. The first-order valence-corrected chi connectivity index (χ1v) is 8.02. The zero-order chi connectivity index (χ0) is 14.5. The summed E-state index contributed by atoms with van der Waals surface area (Å²) < 4.78 is 5.68. The van der Waals surface area contributed by atoms with E-state index in [1.807, 2.05) is 12.1 Å². The Kier molecular flexibility index (Phi) is 4.88.